The highest BCUT2D eigenvalue weighted by atomic mass is 15.2. The fourth-order valence-electron chi connectivity index (χ4n) is 2.84. The van der Waals surface area contributed by atoms with E-state index in [1.54, 1.807) is 0 Å². The molecule has 1 aliphatic rings. The van der Waals surface area contributed by atoms with E-state index in [1.807, 2.05) is 44.4 Å². The van der Waals surface area contributed by atoms with Crippen molar-refractivity contribution in [1.29, 1.82) is 0 Å². The molecule has 1 saturated heterocycles. The van der Waals surface area contributed by atoms with E-state index in [-0.39, 0.29) is 0 Å². The van der Waals surface area contributed by atoms with Gasteiger partial charge in [-0.25, -0.2) is 4.98 Å². The summed E-state index contributed by atoms with van der Waals surface area (Å²) >= 11 is 0. The van der Waals surface area contributed by atoms with Crippen molar-refractivity contribution in [2.75, 3.05) is 25.0 Å². The molecule has 0 bridgehead atoms. The van der Waals surface area contributed by atoms with Gasteiger partial charge in [-0.05, 0) is 44.9 Å². The van der Waals surface area contributed by atoms with Crippen LogP contribution in [0.25, 0.3) is 0 Å². The lowest BCUT2D eigenvalue weighted by Crippen LogP contribution is -2.23. The lowest BCUT2D eigenvalue weighted by molar-refractivity contribution is 0.314. The van der Waals surface area contributed by atoms with Crippen LogP contribution in [0.5, 0.6) is 0 Å². The monoisotopic (exact) mass is 297 g/mol. The number of pyridine rings is 1. The average Bonchev–Trinajstić information content (AvgIpc) is 2.95. The zero-order valence-corrected chi connectivity index (χ0v) is 13.3. The third-order valence-electron chi connectivity index (χ3n) is 4.05. The quantitative estimate of drug-likeness (QED) is 0.918. The molecular weight excluding hydrogens is 274 g/mol. The first kappa shape index (κ1) is 14.9. The van der Waals surface area contributed by atoms with E-state index in [4.69, 9.17) is 0 Å². The van der Waals surface area contributed by atoms with Crippen molar-refractivity contribution in [3.63, 3.8) is 0 Å². The number of anilines is 1. The summed E-state index contributed by atoms with van der Waals surface area (Å²) in [5.41, 5.74) is 3.08. The lowest BCUT2D eigenvalue weighted by atomic mass is 10.1. The van der Waals surface area contributed by atoms with Gasteiger partial charge in [-0.3, -0.25) is 14.9 Å². The predicted octanol–water partition coefficient (Wildman–Crippen LogP) is 2.42. The highest BCUT2D eigenvalue weighted by Gasteiger charge is 2.22. The molecule has 0 amide bonds. The molecular formula is C17H23N5. The number of likely N-dealkylation sites (tertiary alicyclic amines) is 1. The Bertz CT molecular complexity index is 611. The van der Waals surface area contributed by atoms with Gasteiger partial charge in [-0.15, -0.1) is 0 Å². The number of aromatic nitrogens is 3. The SMILES string of the molecule is Cc1cnc(CN2CCC(CNc3cccc(C)n3)C2)cn1. The van der Waals surface area contributed by atoms with Gasteiger partial charge in [-0.1, -0.05) is 6.07 Å². The third kappa shape index (κ3) is 4.01. The van der Waals surface area contributed by atoms with Crippen LogP contribution in [0.15, 0.2) is 30.6 Å². The van der Waals surface area contributed by atoms with Crippen molar-refractivity contribution >= 4 is 5.82 Å². The fraction of sp³-hybridized carbons (Fsp3) is 0.471. The molecule has 0 spiro atoms. The predicted molar refractivity (Wildman–Crippen MR) is 87.6 cm³/mol. The highest BCUT2D eigenvalue weighted by molar-refractivity contribution is 5.35. The number of nitrogens with zero attached hydrogens (tertiary/aromatic N) is 4. The first-order valence-electron chi connectivity index (χ1n) is 7.86. The summed E-state index contributed by atoms with van der Waals surface area (Å²) in [5.74, 6) is 1.64. The molecule has 1 N–H and O–H groups in total. The fourth-order valence-corrected chi connectivity index (χ4v) is 2.84. The standard InChI is InChI=1S/C17H23N5/c1-13-4-3-5-17(21-13)20-9-15-6-7-22(11-15)12-16-10-18-14(2)8-19-16/h3-5,8,10,15H,6-7,9,11-12H2,1-2H3,(H,20,21). The summed E-state index contributed by atoms with van der Waals surface area (Å²) in [7, 11) is 0. The van der Waals surface area contributed by atoms with Gasteiger partial charge in [0.2, 0.25) is 0 Å². The van der Waals surface area contributed by atoms with Crippen molar-refractivity contribution in [3.8, 4) is 0 Å². The second-order valence-corrected chi connectivity index (χ2v) is 6.08. The topological polar surface area (TPSA) is 53.9 Å². The van der Waals surface area contributed by atoms with E-state index >= 15 is 0 Å². The van der Waals surface area contributed by atoms with Gasteiger partial charge >= 0.3 is 0 Å². The maximum absolute atomic E-state index is 4.49. The number of hydrogen-bond donors (Lipinski definition) is 1. The van der Waals surface area contributed by atoms with Crippen LogP contribution in [0.1, 0.15) is 23.5 Å². The van der Waals surface area contributed by atoms with E-state index in [9.17, 15) is 0 Å². The Kier molecular flexibility index (Phi) is 4.63. The van der Waals surface area contributed by atoms with Crippen LogP contribution >= 0.6 is 0 Å². The average molecular weight is 297 g/mol. The number of aryl methyl sites for hydroxylation is 2. The van der Waals surface area contributed by atoms with Crippen LogP contribution in [0, 0.1) is 19.8 Å². The first-order chi connectivity index (χ1) is 10.7. The number of hydrogen-bond acceptors (Lipinski definition) is 5. The molecule has 0 saturated carbocycles. The van der Waals surface area contributed by atoms with Crippen molar-refractivity contribution in [2.45, 2.75) is 26.8 Å². The van der Waals surface area contributed by atoms with Crippen molar-refractivity contribution in [1.82, 2.24) is 19.9 Å². The van der Waals surface area contributed by atoms with Gasteiger partial charge in [0.05, 0.1) is 11.4 Å². The normalized spacial score (nSPS) is 18.5. The molecule has 5 heteroatoms. The highest BCUT2D eigenvalue weighted by Crippen LogP contribution is 2.18. The van der Waals surface area contributed by atoms with Crippen molar-refractivity contribution in [2.24, 2.45) is 5.92 Å². The van der Waals surface area contributed by atoms with Crippen LogP contribution < -0.4 is 5.32 Å². The zero-order valence-electron chi connectivity index (χ0n) is 13.3. The molecule has 3 heterocycles. The molecule has 22 heavy (non-hydrogen) atoms. The van der Waals surface area contributed by atoms with Gasteiger partial charge in [0.1, 0.15) is 5.82 Å². The van der Waals surface area contributed by atoms with Gasteiger partial charge < -0.3 is 5.32 Å². The van der Waals surface area contributed by atoms with E-state index in [0.717, 1.165) is 49.1 Å². The summed E-state index contributed by atoms with van der Waals surface area (Å²) in [4.78, 5) is 15.7. The maximum Gasteiger partial charge on any atom is 0.126 e. The molecule has 2 aromatic heterocycles. The van der Waals surface area contributed by atoms with Crippen LogP contribution in [0.2, 0.25) is 0 Å². The molecule has 3 rings (SSSR count). The third-order valence-corrected chi connectivity index (χ3v) is 4.05. The van der Waals surface area contributed by atoms with E-state index in [2.05, 4.69) is 25.2 Å². The Morgan fingerprint density at radius 3 is 2.86 bits per heavy atom. The van der Waals surface area contributed by atoms with Crippen molar-refractivity contribution in [3.05, 3.63) is 47.7 Å². The minimum absolute atomic E-state index is 0.667. The Balaban J connectivity index is 1.47. The second kappa shape index (κ2) is 6.83. The summed E-state index contributed by atoms with van der Waals surface area (Å²) in [6.45, 7) is 8.09. The largest absolute Gasteiger partial charge is 0.370 e. The second-order valence-electron chi connectivity index (χ2n) is 6.08. The summed E-state index contributed by atoms with van der Waals surface area (Å²) in [6, 6.07) is 6.09. The van der Waals surface area contributed by atoms with Gasteiger partial charge in [0.15, 0.2) is 0 Å². The molecule has 0 radical (unpaired) electrons. The summed E-state index contributed by atoms with van der Waals surface area (Å²) < 4.78 is 0. The smallest absolute Gasteiger partial charge is 0.126 e. The molecule has 1 unspecified atom stereocenters. The lowest BCUT2D eigenvalue weighted by Gasteiger charge is -2.16. The van der Waals surface area contributed by atoms with E-state index < -0.39 is 0 Å². The minimum Gasteiger partial charge on any atom is -0.370 e. The Labute approximate surface area is 131 Å². The van der Waals surface area contributed by atoms with Crippen LogP contribution in [0.3, 0.4) is 0 Å². The molecule has 2 aromatic rings. The molecule has 0 aromatic carbocycles. The van der Waals surface area contributed by atoms with Gasteiger partial charge in [-0.2, -0.15) is 0 Å². The number of nitrogens with one attached hydrogen (secondary N) is 1. The molecule has 0 aliphatic carbocycles. The maximum atomic E-state index is 4.49. The molecule has 5 nitrogen and oxygen atoms in total. The van der Waals surface area contributed by atoms with Gasteiger partial charge in [0.25, 0.3) is 0 Å². The summed E-state index contributed by atoms with van der Waals surface area (Å²) in [5, 5.41) is 3.45. The van der Waals surface area contributed by atoms with Crippen LogP contribution in [-0.4, -0.2) is 39.5 Å². The van der Waals surface area contributed by atoms with Gasteiger partial charge in [0, 0.05) is 37.7 Å². The minimum atomic E-state index is 0.667. The zero-order chi connectivity index (χ0) is 15.4. The molecule has 116 valence electrons. The Morgan fingerprint density at radius 1 is 1.18 bits per heavy atom. The summed E-state index contributed by atoms with van der Waals surface area (Å²) in [6.07, 6.45) is 4.95. The molecule has 1 aliphatic heterocycles. The Hall–Kier alpha value is -2.01. The van der Waals surface area contributed by atoms with Crippen LogP contribution in [-0.2, 0) is 6.54 Å². The first-order valence-corrected chi connectivity index (χ1v) is 7.86. The molecule has 1 fully saturated rings. The number of rotatable bonds is 5. The molecule has 1 atom stereocenters. The van der Waals surface area contributed by atoms with Crippen LogP contribution in [0.4, 0.5) is 5.82 Å². The Morgan fingerprint density at radius 2 is 2.09 bits per heavy atom. The van der Waals surface area contributed by atoms with E-state index in [0.29, 0.717) is 5.92 Å². The van der Waals surface area contributed by atoms with E-state index in [1.165, 1.54) is 6.42 Å². The van der Waals surface area contributed by atoms with Crippen molar-refractivity contribution < 1.29 is 0 Å².